The maximum Gasteiger partial charge on any atom is 0.150 e. The lowest BCUT2D eigenvalue weighted by Crippen LogP contribution is -2.39. The van der Waals surface area contributed by atoms with E-state index in [0.29, 0.717) is 23.4 Å². The molecule has 5 heteroatoms. The zero-order chi connectivity index (χ0) is 14.1. The first-order chi connectivity index (χ1) is 9.70. The minimum Gasteiger partial charge on any atom is -0.398 e. The highest BCUT2D eigenvalue weighted by molar-refractivity contribution is 5.98. The number of nitrogens with zero attached hydrogens (tertiary/aromatic N) is 2. The number of pyridine rings is 1. The summed E-state index contributed by atoms with van der Waals surface area (Å²) < 4.78 is 19.8. The quantitative estimate of drug-likeness (QED) is 0.856. The van der Waals surface area contributed by atoms with Crippen LogP contribution in [0, 0.1) is 5.82 Å². The summed E-state index contributed by atoms with van der Waals surface area (Å²) in [4.78, 5) is 6.34. The maximum absolute atomic E-state index is 14.4. The normalized spacial score (nSPS) is 19.5. The third-order valence-corrected chi connectivity index (χ3v) is 3.88. The number of piperidine rings is 1. The van der Waals surface area contributed by atoms with Gasteiger partial charge in [-0.3, -0.25) is 4.98 Å². The highest BCUT2D eigenvalue weighted by Crippen LogP contribution is 2.34. The highest BCUT2D eigenvalue weighted by Gasteiger charge is 2.24. The molecule has 20 heavy (non-hydrogen) atoms. The van der Waals surface area contributed by atoms with Gasteiger partial charge in [-0.1, -0.05) is 0 Å². The van der Waals surface area contributed by atoms with E-state index < -0.39 is 0 Å². The molecule has 0 spiro atoms. The fraction of sp³-hybridized carbons (Fsp3) is 0.400. The second kappa shape index (κ2) is 5.25. The fourth-order valence-corrected chi connectivity index (χ4v) is 2.86. The molecule has 1 unspecified atom stereocenters. The van der Waals surface area contributed by atoms with Crippen LogP contribution in [0.15, 0.2) is 24.4 Å². The van der Waals surface area contributed by atoms with Crippen molar-refractivity contribution in [3.63, 3.8) is 0 Å². The minimum absolute atomic E-state index is 0.138. The molecule has 1 saturated heterocycles. The molecule has 106 valence electrons. The highest BCUT2D eigenvalue weighted by atomic mass is 19.1. The van der Waals surface area contributed by atoms with Crippen LogP contribution in [0.5, 0.6) is 0 Å². The lowest BCUT2D eigenvalue weighted by atomic mass is 10.0. The first-order valence-corrected chi connectivity index (χ1v) is 6.81. The second-order valence-electron chi connectivity index (χ2n) is 5.14. The molecule has 1 aliphatic rings. The van der Waals surface area contributed by atoms with Crippen molar-refractivity contribution in [2.24, 2.45) is 0 Å². The van der Waals surface area contributed by atoms with E-state index in [1.54, 1.807) is 13.3 Å². The van der Waals surface area contributed by atoms with Crippen LogP contribution >= 0.6 is 0 Å². The van der Waals surface area contributed by atoms with Crippen molar-refractivity contribution < 1.29 is 9.13 Å². The van der Waals surface area contributed by atoms with E-state index in [1.807, 2.05) is 17.0 Å². The SMILES string of the molecule is COC1CCCN(c2c(F)cc(N)c3cccnc23)C1. The number of nitrogens with two attached hydrogens (primary N) is 1. The van der Waals surface area contributed by atoms with Gasteiger partial charge in [0.1, 0.15) is 0 Å². The number of hydrogen-bond donors (Lipinski definition) is 1. The molecule has 2 N–H and O–H groups in total. The summed E-state index contributed by atoms with van der Waals surface area (Å²) in [5, 5.41) is 0.795. The van der Waals surface area contributed by atoms with E-state index in [0.717, 1.165) is 24.8 Å². The van der Waals surface area contributed by atoms with Crippen LogP contribution in [-0.2, 0) is 4.74 Å². The summed E-state index contributed by atoms with van der Waals surface area (Å²) in [7, 11) is 1.70. The predicted octanol–water partition coefficient (Wildman–Crippen LogP) is 2.57. The van der Waals surface area contributed by atoms with E-state index in [2.05, 4.69) is 4.98 Å². The summed E-state index contributed by atoms with van der Waals surface area (Å²) in [6.45, 7) is 1.50. The number of halogens is 1. The van der Waals surface area contributed by atoms with Crippen LogP contribution in [0.25, 0.3) is 10.9 Å². The van der Waals surface area contributed by atoms with Crippen LogP contribution in [0.4, 0.5) is 15.8 Å². The Morgan fingerprint density at radius 1 is 1.50 bits per heavy atom. The van der Waals surface area contributed by atoms with Gasteiger partial charge < -0.3 is 15.4 Å². The first kappa shape index (κ1) is 13.1. The Balaban J connectivity index is 2.11. The predicted molar refractivity (Wildman–Crippen MR) is 78.4 cm³/mol. The molecule has 1 aliphatic heterocycles. The molecular formula is C15H18FN3O. The topological polar surface area (TPSA) is 51.4 Å². The van der Waals surface area contributed by atoms with E-state index in [1.165, 1.54) is 6.07 Å². The molecule has 1 fully saturated rings. The van der Waals surface area contributed by atoms with Crippen LogP contribution in [0.1, 0.15) is 12.8 Å². The lowest BCUT2D eigenvalue weighted by molar-refractivity contribution is 0.0892. The van der Waals surface area contributed by atoms with Gasteiger partial charge >= 0.3 is 0 Å². The summed E-state index contributed by atoms with van der Waals surface area (Å²) in [5.74, 6) is -0.314. The van der Waals surface area contributed by atoms with Crippen molar-refractivity contribution in [3.05, 3.63) is 30.2 Å². The van der Waals surface area contributed by atoms with E-state index >= 15 is 0 Å². The number of fused-ring (bicyclic) bond motifs is 1. The van der Waals surface area contributed by atoms with Gasteiger partial charge in [0.05, 0.1) is 17.3 Å². The van der Waals surface area contributed by atoms with Gasteiger partial charge in [0.15, 0.2) is 5.82 Å². The van der Waals surface area contributed by atoms with Crippen LogP contribution in [-0.4, -0.2) is 31.3 Å². The zero-order valence-electron chi connectivity index (χ0n) is 11.5. The second-order valence-corrected chi connectivity index (χ2v) is 5.14. The molecule has 2 heterocycles. The van der Waals surface area contributed by atoms with Crippen LogP contribution in [0.3, 0.4) is 0 Å². The third kappa shape index (κ3) is 2.18. The number of hydrogen-bond acceptors (Lipinski definition) is 4. The Morgan fingerprint density at radius 3 is 3.15 bits per heavy atom. The number of ether oxygens (including phenoxy) is 1. The van der Waals surface area contributed by atoms with Gasteiger partial charge in [-0.2, -0.15) is 0 Å². The maximum atomic E-state index is 14.4. The van der Waals surface area contributed by atoms with Crippen molar-refractivity contribution in [2.75, 3.05) is 30.8 Å². The average molecular weight is 275 g/mol. The molecule has 1 atom stereocenters. The van der Waals surface area contributed by atoms with E-state index in [4.69, 9.17) is 10.5 Å². The van der Waals surface area contributed by atoms with Gasteiger partial charge in [-0.15, -0.1) is 0 Å². The molecule has 0 amide bonds. The van der Waals surface area contributed by atoms with Gasteiger partial charge in [0, 0.05) is 37.5 Å². The standard InChI is InChI=1S/C15H18FN3O/c1-20-10-4-3-7-19(9-10)15-12(16)8-13(17)11-5-2-6-18-14(11)15/h2,5-6,8,10H,3-4,7,9,17H2,1H3. The van der Waals surface area contributed by atoms with E-state index in [9.17, 15) is 4.39 Å². The Labute approximate surface area is 117 Å². The Kier molecular flexibility index (Phi) is 3.44. The molecule has 2 aromatic rings. The zero-order valence-corrected chi connectivity index (χ0v) is 11.5. The molecule has 0 aliphatic carbocycles. The fourth-order valence-electron chi connectivity index (χ4n) is 2.86. The minimum atomic E-state index is -0.314. The molecule has 4 nitrogen and oxygen atoms in total. The average Bonchev–Trinajstić information content (AvgIpc) is 2.47. The summed E-state index contributed by atoms with van der Waals surface area (Å²) in [6.07, 6.45) is 3.80. The monoisotopic (exact) mass is 275 g/mol. The summed E-state index contributed by atoms with van der Waals surface area (Å²) in [5.41, 5.74) is 7.48. The van der Waals surface area contributed by atoms with Crippen molar-refractivity contribution in [2.45, 2.75) is 18.9 Å². The number of methoxy groups -OCH3 is 1. The largest absolute Gasteiger partial charge is 0.398 e. The van der Waals surface area contributed by atoms with Crippen LogP contribution in [0.2, 0.25) is 0 Å². The summed E-state index contributed by atoms with van der Waals surface area (Å²) in [6, 6.07) is 5.07. The summed E-state index contributed by atoms with van der Waals surface area (Å²) >= 11 is 0. The van der Waals surface area contributed by atoms with Gasteiger partial charge in [-0.05, 0) is 31.0 Å². The first-order valence-electron chi connectivity index (χ1n) is 6.81. The van der Waals surface area contributed by atoms with Gasteiger partial charge in [-0.25, -0.2) is 4.39 Å². The Morgan fingerprint density at radius 2 is 2.35 bits per heavy atom. The Hall–Kier alpha value is -1.88. The Bertz CT molecular complexity index is 632. The number of benzene rings is 1. The smallest absolute Gasteiger partial charge is 0.150 e. The van der Waals surface area contributed by atoms with Gasteiger partial charge in [0.25, 0.3) is 0 Å². The molecule has 0 saturated carbocycles. The lowest BCUT2D eigenvalue weighted by Gasteiger charge is -2.34. The number of rotatable bonds is 2. The van der Waals surface area contributed by atoms with Gasteiger partial charge in [0.2, 0.25) is 0 Å². The third-order valence-electron chi connectivity index (χ3n) is 3.88. The molecule has 0 bridgehead atoms. The molecule has 3 rings (SSSR count). The van der Waals surface area contributed by atoms with Crippen molar-refractivity contribution in [1.82, 2.24) is 4.98 Å². The van der Waals surface area contributed by atoms with E-state index in [-0.39, 0.29) is 11.9 Å². The molecule has 1 aromatic heterocycles. The van der Waals surface area contributed by atoms with Crippen molar-refractivity contribution in [1.29, 1.82) is 0 Å². The number of aromatic nitrogens is 1. The number of nitrogen functional groups attached to an aromatic ring is 1. The van der Waals surface area contributed by atoms with Crippen molar-refractivity contribution in [3.8, 4) is 0 Å². The number of anilines is 2. The molecular weight excluding hydrogens is 257 g/mol. The van der Waals surface area contributed by atoms with Crippen LogP contribution < -0.4 is 10.6 Å². The molecule has 1 aromatic carbocycles. The molecule has 0 radical (unpaired) electrons. The van der Waals surface area contributed by atoms with Crippen molar-refractivity contribution >= 4 is 22.3 Å².